The molecule has 0 spiro atoms. The Hall–Kier alpha value is -2.09. The number of carbonyl (C=O) groups is 1. The molecule has 3 aliphatic rings. The molecule has 32 heavy (non-hydrogen) atoms. The summed E-state index contributed by atoms with van der Waals surface area (Å²) >= 11 is 6.16. The number of benzene rings is 2. The summed E-state index contributed by atoms with van der Waals surface area (Å²) in [7, 11) is -3.58. The second-order valence-electron chi connectivity index (χ2n) is 8.98. The van der Waals surface area contributed by atoms with E-state index in [-0.39, 0.29) is 11.8 Å². The second kappa shape index (κ2) is 8.36. The molecule has 8 heteroatoms. The minimum Gasteiger partial charge on any atom is -0.369 e. The number of sulfonamides is 1. The summed E-state index contributed by atoms with van der Waals surface area (Å²) in [5.41, 5.74) is 4.02. The monoisotopic (exact) mass is 473 g/mol. The van der Waals surface area contributed by atoms with Crippen molar-refractivity contribution >= 4 is 38.9 Å². The zero-order valence-corrected chi connectivity index (χ0v) is 19.8. The van der Waals surface area contributed by atoms with Gasteiger partial charge in [0.25, 0.3) is 0 Å². The van der Waals surface area contributed by atoms with Crippen LogP contribution in [-0.2, 0) is 21.2 Å². The predicted octanol–water partition coefficient (Wildman–Crippen LogP) is 3.85. The van der Waals surface area contributed by atoms with Gasteiger partial charge < -0.3 is 9.80 Å². The zero-order chi connectivity index (χ0) is 22.5. The van der Waals surface area contributed by atoms with Gasteiger partial charge in [-0.05, 0) is 67.6 Å². The lowest BCUT2D eigenvalue weighted by Gasteiger charge is -2.36. The van der Waals surface area contributed by atoms with Gasteiger partial charge >= 0.3 is 0 Å². The minimum absolute atomic E-state index is 0.142. The van der Waals surface area contributed by atoms with Crippen LogP contribution in [0.1, 0.15) is 30.4 Å². The van der Waals surface area contributed by atoms with Crippen LogP contribution >= 0.6 is 11.6 Å². The first kappa shape index (κ1) is 21.7. The van der Waals surface area contributed by atoms with Crippen molar-refractivity contribution in [2.45, 2.75) is 37.5 Å². The molecule has 2 aromatic rings. The summed E-state index contributed by atoms with van der Waals surface area (Å²) in [6, 6.07) is 11.1. The molecule has 0 radical (unpaired) electrons. The Kier molecular flexibility index (Phi) is 5.68. The number of amides is 1. The molecule has 0 N–H and O–H groups in total. The normalized spacial score (nSPS) is 19.7. The minimum atomic E-state index is -3.58. The highest BCUT2D eigenvalue weighted by Gasteiger charge is 2.35. The Balaban J connectivity index is 1.30. The largest absolute Gasteiger partial charge is 0.369 e. The number of carbonyl (C=O) groups excluding carboxylic acids is 1. The van der Waals surface area contributed by atoms with Crippen molar-refractivity contribution in [2.24, 2.45) is 5.92 Å². The van der Waals surface area contributed by atoms with Gasteiger partial charge in [0.15, 0.2) is 0 Å². The Morgan fingerprint density at radius 3 is 2.41 bits per heavy atom. The zero-order valence-electron chi connectivity index (χ0n) is 18.3. The Bertz CT molecular complexity index is 1160. The first-order valence-electron chi connectivity index (χ1n) is 11.3. The number of hydrogen-bond acceptors (Lipinski definition) is 4. The fourth-order valence-corrected chi connectivity index (χ4v) is 6.52. The number of rotatable bonds is 4. The van der Waals surface area contributed by atoms with Crippen LogP contribution in [0.3, 0.4) is 0 Å². The Morgan fingerprint density at radius 2 is 1.72 bits per heavy atom. The lowest BCUT2D eigenvalue weighted by molar-refractivity contribution is -0.124. The van der Waals surface area contributed by atoms with Crippen molar-refractivity contribution in [1.29, 1.82) is 0 Å². The van der Waals surface area contributed by atoms with E-state index in [1.54, 1.807) is 16.4 Å². The molecular weight excluding hydrogens is 446 g/mol. The molecule has 2 aliphatic heterocycles. The topological polar surface area (TPSA) is 60.9 Å². The molecule has 1 amide bonds. The number of nitrogens with zero attached hydrogens (tertiary/aromatic N) is 3. The Morgan fingerprint density at radius 1 is 0.969 bits per heavy atom. The van der Waals surface area contributed by atoms with Crippen LogP contribution in [-0.4, -0.2) is 51.4 Å². The molecule has 2 aromatic carbocycles. The van der Waals surface area contributed by atoms with E-state index in [1.165, 1.54) is 0 Å². The van der Waals surface area contributed by atoms with Gasteiger partial charge in [0.2, 0.25) is 15.9 Å². The van der Waals surface area contributed by atoms with Gasteiger partial charge in [0.1, 0.15) is 0 Å². The average molecular weight is 474 g/mol. The number of halogens is 1. The van der Waals surface area contributed by atoms with Crippen LogP contribution in [0.4, 0.5) is 11.4 Å². The summed E-state index contributed by atoms with van der Waals surface area (Å²) in [5, 5.41) is 0.684. The lowest BCUT2D eigenvalue weighted by Crippen LogP contribution is -2.48. The highest BCUT2D eigenvalue weighted by molar-refractivity contribution is 7.89. The molecule has 0 aromatic heterocycles. The van der Waals surface area contributed by atoms with E-state index in [0.29, 0.717) is 49.1 Å². The number of anilines is 2. The van der Waals surface area contributed by atoms with Crippen molar-refractivity contribution in [3.8, 4) is 0 Å². The van der Waals surface area contributed by atoms with Crippen LogP contribution in [0.25, 0.3) is 0 Å². The average Bonchev–Trinajstić information content (AvgIpc) is 3.18. The van der Waals surface area contributed by atoms with Crippen molar-refractivity contribution < 1.29 is 13.2 Å². The second-order valence-corrected chi connectivity index (χ2v) is 11.4. The summed E-state index contributed by atoms with van der Waals surface area (Å²) in [4.78, 5) is 17.1. The van der Waals surface area contributed by atoms with Crippen LogP contribution < -0.4 is 9.80 Å². The molecule has 0 bridgehead atoms. The third kappa shape index (κ3) is 3.80. The van der Waals surface area contributed by atoms with E-state index in [0.717, 1.165) is 41.8 Å². The van der Waals surface area contributed by atoms with E-state index >= 15 is 0 Å². The smallest absolute Gasteiger partial charge is 0.243 e. The first-order valence-corrected chi connectivity index (χ1v) is 13.1. The summed E-state index contributed by atoms with van der Waals surface area (Å²) in [6.07, 6.45) is 3.77. The van der Waals surface area contributed by atoms with Crippen LogP contribution in [0, 0.1) is 12.8 Å². The molecule has 170 valence electrons. The van der Waals surface area contributed by atoms with Crippen LogP contribution in [0.15, 0.2) is 41.3 Å². The third-order valence-corrected chi connectivity index (χ3v) is 9.18. The fourth-order valence-electron chi connectivity index (χ4n) is 4.88. The number of aryl methyl sites for hydroxylation is 1. The molecule has 1 saturated heterocycles. The van der Waals surface area contributed by atoms with Crippen molar-refractivity contribution in [2.75, 3.05) is 42.5 Å². The standard InChI is InChI=1S/C24H28ClN3O3S/c1-17-5-6-20(25)16-23(17)26-11-13-27(14-12-26)32(30,31)21-7-8-22-19(15-21)9-10-28(22)24(29)18-3-2-4-18/h5-8,15-16,18H,2-4,9-14H2,1H3. The molecule has 0 unspecified atom stereocenters. The molecule has 6 nitrogen and oxygen atoms in total. The third-order valence-electron chi connectivity index (χ3n) is 7.06. The van der Waals surface area contributed by atoms with Crippen molar-refractivity contribution in [1.82, 2.24) is 4.31 Å². The van der Waals surface area contributed by atoms with E-state index in [1.807, 2.05) is 36.1 Å². The Labute approximate surface area is 194 Å². The van der Waals surface area contributed by atoms with Crippen molar-refractivity contribution in [3.05, 3.63) is 52.5 Å². The maximum atomic E-state index is 13.3. The lowest BCUT2D eigenvalue weighted by atomic mass is 9.84. The number of fused-ring (bicyclic) bond motifs is 1. The van der Waals surface area contributed by atoms with Crippen LogP contribution in [0.5, 0.6) is 0 Å². The molecular formula is C24H28ClN3O3S. The van der Waals surface area contributed by atoms with E-state index in [4.69, 9.17) is 11.6 Å². The summed E-state index contributed by atoms with van der Waals surface area (Å²) in [5.74, 6) is 0.335. The molecule has 1 aliphatic carbocycles. The quantitative estimate of drug-likeness (QED) is 0.676. The molecule has 2 heterocycles. The van der Waals surface area contributed by atoms with Gasteiger partial charge in [0, 0.05) is 55.0 Å². The van der Waals surface area contributed by atoms with Gasteiger partial charge in [-0.25, -0.2) is 8.42 Å². The fraction of sp³-hybridized carbons (Fsp3) is 0.458. The molecule has 1 saturated carbocycles. The number of piperazine rings is 1. The molecule has 5 rings (SSSR count). The van der Waals surface area contributed by atoms with Gasteiger partial charge in [-0.3, -0.25) is 4.79 Å². The van der Waals surface area contributed by atoms with Crippen molar-refractivity contribution in [3.63, 3.8) is 0 Å². The van der Waals surface area contributed by atoms with E-state index in [2.05, 4.69) is 4.90 Å². The highest BCUT2D eigenvalue weighted by atomic mass is 35.5. The SMILES string of the molecule is Cc1ccc(Cl)cc1N1CCN(S(=O)(=O)c2ccc3c(c2)CCN3C(=O)C2CCC2)CC1. The van der Waals surface area contributed by atoms with Gasteiger partial charge in [0.05, 0.1) is 4.90 Å². The highest BCUT2D eigenvalue weighted by Crippen LogP contribution is 2.36. The predicted molar refractivity (Wildman–Crippen MR) is 127 cm³/mol. The summed E-state index contributed by atoms with van der Waals surface area (Å²) in [6.45, 7) is 4.78. The maximum Gasteiger partial charge on any atom is 0.243 e. The maximum absolute atomic E-state index is 13.3. The number of hydrogen-bond donors (Lipinski definition) is 0. The van der Waals surface area contributed by atoms with Gasteiger partial charge in [-0.1, -0.05) is 24.1 Å². The molecule has 0 atom stereocenters. The first-order chi connectivity index (χ1) is 15.3. The molecule has 2 fully saturated rings. The van der Waals surface area contributed by atoms with E-state index < -0.39 is 10.0 Å². The van der Waals surface area contributed by atoms with Gasteiger partial charge in [-0.2, -0.15) is 4.31 Å². The van der Waals surface area contributed by atoms with E-state index in [9.17, 15) is 13.2 Å². The summed E-state index contributed by atoms with van der Waals surface area (Å²) < 4.78 is 28.2. The van der Waals surface area contributed by atoms with Crippen LogP contribution in [0.2, 0.25) is 5.02 Å². The van der Waals surface area contributed by atoms with Gasteiger partial charge in [-0.15, -0.1) is 0 Å².